The lowest BCUT2D eigenvalue weighted by Gasteiger charge is -2.12. The van der Waals surface area contributed by atoms with Crippen LogP contribution < -0.4 is 10.0 Å². The summed E-state index contributed by atoms with van der Waals surface area (Å²) in [4.78, 5) is 15.3. The Kier molecular flexibility index (Phi) is 7.02. The lowest BCUT2D eigenvalue weighted by Crippen LogP contribution is -2.30. The molecule has 2 aromatic rings. The third-order valence-electron chi connectivity index (χ3n) is 3.66. The molecule has 2 N–H and O–H groups in total. The van der Waals surface area contributed by atoms with Crippen LogP contribution in [0.25, 0.3) is 0 Å². The number of halogens is 4. The van der Waals surface area contributed by atoms with Crippen molar-refractivity contribution in [1.82, 2.24) is 15.0 Å². The first-order valence-corrected chi connectivity index (χ1v) is 9.90. The Bertz CT molecular complexity index is 948. The molecule has 1 aromatic heterocycles. The number of aryl methyl sites for hydroxylation is 1. The number of hydrogen-bond donors (Lipinski definition) is 2. The number of pyridine rings is 1. The van der Waals surface area contributed by atoms with Crippen LogP contribution in [0.1, 0.15) is 23.2 Å². The second-order valence-electron chi connectivity index (χ2n) is 5.87. The smallest absolute Gasteiger partial charge is 0.352 e. The summed E-state index contributed by atoms with van der Waals surface area (Å²) in [6.45, 7) is 1.78. The minimum Gasteiger partial charge on any atom is -0.352 e. The number of amides is 1. The topological polar surface area (TPSA) is 88.2 Å². The third kappa shape index (κ3) is 6.18. The molecule has 0 aliphatic rings. The molecular weight excluding hydrogens is 419 g/mol. The van der Waals surface area contributed by atoms with Crippen molar-refractivity contribution in [3.63, 3.8) is 0 Å². The molecule has 0 bridgehead atoms. The Morgan fingerprint density at radius 2 is 1.93 bits per heavy atom. The molecule has 2 rings (SSSR count). The Labute approximate surface area is 165 Å². The average Bonchev–Trinajstić information content (AvgIpc) is 2.60. The van der Waals surface area contributed by atoms with Crippen LogP contribution in [0.4, 0.5) is 13.2 Å². The van der Waals surface area contributed by atoms with Crippen molar-refractivity contribution in [2.24, 2.45) is 0 Å². The van der Waals surface area contributed by atoms with Crippen LogP contribution in [0, 0.1) is 6.92 Å². The van der Waals surface area contributed by atoms with E-state index in [1.54, 1.807) is 18.3 Å². The Morgan fingerprint density at radius 1 is 1.21 bits per heavy atom. The molecule has 0 fully saturated rings. The lowest BCUT2D eigenvalue weighted by atomic mass is 10.2. The van der Waals surface area contributed by atoms with Crippen molar-refractivity contribution in [1.29, 1.82) is 0 Å². The minimum absolute atomic E-state index is 0.182. The lowest BCUT2D eigenvalue weighted by molar-refractivity contribution is -0.137. The summed E-state index contributed by atoms with van der Waals surface area (Å²) >= 11 is 5.48. The Balaban J connectivity index is 1.91. The predicted molar refractivity (Wildman–Crippen MR) is 97.1 cm³/mol. The van der Waals surface area contributed by atoms with Crippen molar-refractivity contribution in [2.45, 2.75) is 31.0 Å². The fourth-order valence-corrected chi connectivity index (χ4v) is 3.45. The summed E-state index contributed by atoms with van der Waals surface area (Å²) in [6.07, 6.45) is -3.36. The molecule has 28 heavy (non-hydrogen) atoms. The maximum absolute atomic E-state index is 12.9. The van der Waals surface area contributed by atoms with Gasteiger partial charge in [-0.3, -0.25) is 9.78 Å². The van der Waals surface area contributed by atoms with E-state index in [9.17, 15) is 26.4 Å². The number of aromatic nitrogens is 1. The van der Waals surface area contributed by atoms with Gasteiger partial charge in [0.15, 0.2) is 0 Å². The fraction of sp³-hybridized carbons (Fsp3) is 0.294. The molecule has 1 aromatic carbocycles. The zero-order valence-electron chi connectivity index (χ0n) is 14.7. The first-order chi connectivity index (χ1) is 13.0. The van der Waals surface area contributed by atoms with Gasteiger partial charge in [-0.2, -0.15) is 13.2 Å². The highest BCUT2D eigenvalue weighted by Gasteiger charge is 2.34. The van der Waals surface area contributed by atoms with E-state index in [-0.39, 0.29) is 19.5 Å². The standard InChI is InChI=1S/C17H17ClF3N3O3S/c1-11-2-3-12(9-22-11)10-23-16(25)6-7-24-28(26,27)13-4-5-15(18)14(8-13)17(19,20)21/h2-5,8-9,24H,6-7,10H2,1H3,(H,23,25). The molecule has 0 aliphatic heterocycles. The molecule has 0 saturated heterocycles. The summed E-state index contributed by atoms with van der Waals surface area (Å²) < 4.78 is 65.0. The van der Waals surface area contributed by atoms with Gasteiger partial charge in [0.1, 0.15) is 0 Å². The van der Waals surface area contributed by atoms with Gasteiger partial charge >= 0.3 is 6.18 Å². The SMILES string of the molecule is Cc1ccc(CNC(=O)CCNS(=O)(=O)c2ccc(Cl)c(C(F)(F)F)c2)cn1. The molecule has 0 radical (unpaired) electrons. The van der Waals surface area contributed by atoms with Crippen molar-refractivity contribution in [3.05, 3.63) is 58.4 Å². The Hall–Kier alpha value is -2.17. The first kappa shape index (κ1) is 22.1. The normalized spacial score (nSPS) is 12.0. The van der Waals surface area contributed by atoms with Crippen molar-refractivity contribution >= 4 is 27.5 Å². The maximum atomic E-state index is 12.9. The molecule has 0 atom stereocenters. The Morgan fingerprint density at radius 3 is 2.54 bits per heavy atom. The molecule has 152 valence electrons. The molecular formula is C17H17ClF3N3O3S. The first-order valence-electron chi connectivity index (χ1n) is 8.04. The van der Waals surface area contributed by atoms with E-state index in [0.717, 1.165) is 23.4 Å². The van der Waals surface area contributed by atoms with Gasteiger partial charge in [-0.05, 0) is 36.8 Å². The number of benzene rings is 1. The van der Waals surface area contributed by atoms with Gasteiger partial charge in [-0.15, -0.1) is 0 Å². The maximum Gasteiger partial charge on any atom is 0.417 e. The second-order valence-corrected chi connectivity index (χ2v) is 8.05. The minimum atomic E-state index is -4.78. The van der Waals surface area contributed by atoms with Crippen LogP contribution in [0.15, 0.2) is 41.4 Å². The van der Waals surface area contributed by atoms with Gasteiger partial charge in [0, 0.05) is 31.4 Å². The van der Waals surface area contributed by atoms with Gasteiger partial charge < -0.3 is 5.32 Å². The highest BCUT2D eigenvalue weighted by molar-refractivity contribution is 7.89. The fourth-order valence-electron chi connectivity index (χ4n) is 2.16. The number of carbonyl (C=O) groups is 1. The number of carbonyl (C=O) groups excluding carboxylic acids is 1. The van der Waals surface area contributed by atoms with E-state index in [2.05, 4.69) is 15.0 Å². The third-order valence-corrected chi connectivity index (χ3v) is 5.45. The number of sulfonamides is 1. The van der Waals surface area contributed by atoms with Gasteiger partial charge in [0.05, 0.1) is 15.5 Å². The molecule has 1 amide bonds. The zero-order valence-corrected chi connectivity index (χ0v) is 16.2. The summed E-state index contributed by atoms with van der Waals surface area (Å²) in [6, 6.07) is 5.86. The largest absolute Gasteiger partial charge is 0.417 e. The van der Waals surface area contributed by atoms with E-state index in [0.29, 0.717) is 6.07 Å². The van der Waals surface area contributed by atoms with Crippen LogP contribution in [-0.2, 0) is 27.5 Å². The van der Waals surface area contributed by atoms with E-state index < -0.39 is 37.6 Å². The molecule has 0 unspecified atom stereocenters. The van der Waals surface area contributed by atoms with Gasteiger partial charge in [0.25, 0.3) is 0 Å². The van der Waals surface area contributed by atoms with Crippen LogP contribution >= 0.6 is 11.6 Å². The summed E-state index contributed by atoms with van der Waals surface area (Å²) in [5, 5.41) is 2.00. The summed E-state index contributed by atoms with van der Waals surface area (Å²) in [7, 11) is -4.23. The van der Waals surface area contributed by atoms with Crippen molar-refractivity contribution < 1.29 is 26.4 Å². The number of alkyl halides is 3. The highest BCUT2D eigenvalue weighted by atomic mass is 35.5. The quantitative estimate of drug-likeness (QED) is 0.699. The van der Waals surface area contributed by atoms with Gasteiger partial charge in [-0.25, -0.2) is 13.1 Å². The van der Waals surface area contributed by atoms with Crippen LogP contribution in [0.3, 0.4) is 0 Å². The monoisotopic (exact) mass is 435 g/mol. The number of rotatable bonds is 7. The molecule has 0 aliphatic carbocycles. The average molecular weight is 436 g/mol. The van der Waals surface area contributed by atoms with E-state index in [4.69, 9.17) is 11.6 Å². The molecule has 11 heteroatoms. The van der Waals surface area contributed by atoms with Gasteiger partial charge in [0.2, 0.25) is 15.9 Å². The highest BCUT2D eigenvalue weighted by Crippen LogP contribution is 2.35. The number of nitrogens with one attached hydrogen (secondary N) is 2. The van der Waals surface area contributed by atoms with Crippen LogP contribution in [0.5, 0.6) is 0 Å². The molecule has 0 spiro atoms. The molecule has 0 saturated carbocycles. The van der Waals surface area contributed by atoms with Crippen LogP contribution in [0.2, 0.25) is 5.02 Å². The number of hydrogen-bond acceptors (Lipinski definition) is 4. The van der Waals surface area contributed by atoms with Crippen molar-refractivity contribution in [2.75, 3.05) is 6.54 Å². The second kappa shape index (κ2) is 8.89. The van der Waals surface area contributed by atoms with E-state index in [1.807, 2.05) is 6.92 Å². The predicted octanol–water partition coefficient (Wildman–Crippen LogP) is 3.05. The summed E-state index contributed by atoms with van der Waals surface area (Å²) in [5.41, 5.74) is 0.363. The molecule has 1 heterocycles. The van der Waals surface area contributed by atoms with Gasteiger partial charge in [-0.1, -0.05) is 17.7 Å². The number of nitrogens with zero attached hydrogens (tertiary/aromatic N) is 1. The van der Waals surface area contributed by atoms with Crippen LogP contribution in [-0.4, -0.2) is 25.9 Å². The summed E-state index contributed by atoms with van der Waals surface area (Å²) in [5.74, 6) is -0.421. The van der Waals surface area contributed by atoms with Crippen molar-refractivity contribution in [3.8, 4) is 0 Å². The zero-order chi connectivity index (χ0) is 20.9. The van der Waals surface area contributed by atoms with E-state index in [1.165, 1.54) is 0 Å². The molecule has 6 nitrogen and oxygen atoms in total. The van der Waals surface area contributed by atoms with E-state index >= 15 is 0 Å².